The van der Waals surface area contributed by atoms with Gasteiger partial charge in [0.2, 0.25) is 23.5 Å². The molecule has 1 aromatic rings. The molecule has 4 amide bonds. The number of fused-ring (bicyclic) bond motifs is 1. The van der Waals surface area contributed by atoms with Crippen molar-refractivity contribution in [2.75, 3.05) is 19.7 Å². The summed E-state index contributed by atoms with van der Waals surface area (Å²) in [6.07, 6.45) is -9.96. The number of carbonyl (C=O) groups excluding carboxylic acids is 5. The second-order valence-corrected chi connectivity index (χ2v) is 12.8. The maximum absolute atomic E-state index is 13.9. The number of amides is 4. The van der Waals surface area contributed by atoms with E-state index in [4.69, 9.17) is 4.74 Å². The lowest BCUT2D eigenvalue weighted by Gasteiger charge is -2.35. The summed E-state index contributed by atoms with van der Waals surface area (Å²) in [4.78, 5) is 65.9. The quantitative estimate of drug-likeness (QED) is 0.294. The number of aromatic nitrogens is 3. The molecule has 13 nitrogen and oxygen atoms in total. The van der Waals surface area contributed by atoms with Gasteiger partial charge < -0.3 is 25.6 Å². The van der Waals surface area contributed by atoms with Gasteiger partial charge in [0.1, 0.15) is 12.1 Å². The highest BCUT2D eigenvalue weighted by Gasteiger charge is 2.69. The van der Waals surface area contributed by atoms with Crippen molar-refractivity contribution in [3.05, 3.63) is 5.82 Å². The third-order valence-corrected chi connectivity index (χ3v) is 9.06. The van der Waals surface area contributed by atoms with Crippen molar-refractivity contribution in [3.8, 4) is 6.01 Å². The Morgan fingerprint density at radius 2 is 1.74 bits per heavy atom. The van der Waals surface area contributed by atoms with Crippen LogP contribution in [0, 0.1) is 29.1 Å². The van der Waals surface area contributed by atoms with Crippen LogP contribution in [0.4, 0.5) is 26.3 Å². The van der Waals surface area contributed by atoms with Gasteiger partial charge in [0.15, 0.2) is 12.4 Å². The number of hydrogen-bond donors (Lipinski definition) is 3. The van der Waals surface area contributed by atoms with E-state index in [-0.39, 0.29) is 24.8 Å². The van der Waals surface area contributed by atoms with Gasteiger partial charge in [0.05, 0.1) is 6.04 Å². The molecule has 256 valence electrons. The Labute approximate surface area is 259 Å². The maximum atomic E-state index is 13.9. The van der Waals surface area contributed by atoms with Crippen LogP contribution in [0.2, 0.25) is 0 Å². The van der Waals surface area contributed by atoms with Crippen LogP contribution < -0.4 is 20.7 Å². The van der Waals surface area contributed by atoms with E-state index in [1.54, 1.807) is 5.32 Å². The number of nitrogens with zero attached hydrogens (tertiary/aromatic N) is 4. The number of carbonyl (C=O) groups is 5. The topological polar surface area (TPSA) is 165 Å². The Hall–Kier alpha value is -3.93. The number of alkyl halides is 6. The van der Waals surface area contributed by atoms with Gasteiger partial charge in [0, 0.05) is 26.1 Å². The van der Waals surface area contributed by atoms with E-state index in [1.165, 1.54) is 13.8 Å². The molecular formula is C27H35F6N7O6. The van der Waals surface area contributed by atoms with E-state index in [0.29, 0.717) is 17.5 Å². The molecule has 3 N–H and O–H groups in total. The number of hydrogen-bond acceptors (Lipinski definition) is 8. The van der Waals surface area contributed by atoms with Gasteiger partial charge in [-0.05, 0) is 36.0 Å². The van der Waals surface area contributed by atoms with E-state index >= 15 is 0 Å². The summed E-state index contributed by atoms with van der Waals surface area (Å²) in [6, 6.07) is -4.84. The molecule has 0 unspecified atom stereocenters. The van der Waals surface area contributed by atoms with Crippen LogP contribution in [0.25, 0.3) is 0 Å². The molecule has 3 fully saturated rings. The number of likely N-dealkylation sites (tertiary alicyclic amines) is 1. The van der Waals surface area contributed by atoms with E-state index in [0.717, 1.165) is 11.9 Å². The van der Waals surface area contributed by atoms with Crippen molar-refractivity contribution in [2.45, 2.75) is 71.0 Å². The molecule has 0 spiro atoms. The molecule has 0 radical (unpaired) electrons. The average molecular weight is 668 g/mol. The summed E-state index contributed by atoms with van der Waals surface area (Å²) in [6.45, 7) is 6.05. The molecule has 19 heteroatoms. The molecule has 3 aliphatic rings. The molecule has 3 heterocycles. The zero-order valence-electron chi connectivity index (χ0n) is 25.6. The monoisotopic (exact) mass is 667 g/mol. The average Bonchev–Trinajstić information content (AvgIpc) is 3.42. The first-order valence-electron chi connectivity index (χ1n) is 14.5. The van der Waals surface area contributed by atoms with Crippen molar-refractivity contribution in [1.29, 1.82) is 0 Å². The first-order chi connectivity index (χ1) is 21.2. The second-order valence-electron chi connectivity index (χ2n) is 12.8. The minimum absolute atomic E-state index is 0.0140. The standard InChI is InChI=1S/C27H35F6N7O6/c1-11(2)17(36-23(45)27(31,32)33)21(44)40-9-13-16(25(13,3)4)18(40)20(43)35-14(8-12-6-7-34-19(12)42)15(41)10-46-24-38-37-22(39(24)5)26(28,29)30/h11-14,16-18H,6-10H2,1-5H3,(H,34,42)(H,35,43)(H,36,45)/t12-,13-,14-,16-,17-,18-/m0/s1. The third kappa shape index (κ3) is 6.91. The fourth-order valence-electron chi connectivity index (χ4n) is 6.33. The van der Waals surface area contributed by atoms with Crippen molar-refractivity contribution in [1.82, 2.24) is 35.6 Å². The molecule has 2 aliphatic heterocycles. The van der Waals surface area contributed by atoms with E-state index in [1.807, 2.05) is 13.8 Å². The highest BCUT2D eigenvalue weighted by Crippen LogP contribution is 2.65. The van der Waals surface area contributed by atoms with Crippen LogP contribution >= 0.6 is 0 Å². The number of Topliss-reactive ketones (excluding diaryl/α,β-unsaturated/α-hetero) is 1. The zero-order valence-corrected chi connectivity index (χ0v) is 25.6. The molecule has 0 aromatic carbocycles. The van der Waals surface area contributed by atoms with Crippen LogP contribution in [0.15, 0.2) is 0 Å². The van der Waals surface area contributed by atoms with Gasteiger partial charge in [-0.25, -0.2) is 0 Å². The molecule has 2 saturated heterocycles. The van der Waals surface area contributed by atoms with Crippen molar-refractivity contribution in [2.24, 2.45) is 36.1 Å². The fourth-order valence-corrected chi connectivity index (χ4v) is 6.33. The van der Waals surface area contributed by atoms with Gasteiger partial charge in [0.25, 0.3) is 0 Å². The summed E-state index contributed by atoms with van der Waals surface area (Å²) in [5, 5.41) is 13.2. The summed E-state index contributed by atoms with van der Waals surface area (Å²) >= 11 is 0. The first kappa shape index (κ1) is 34.9. The number of rotatable bonds is 11. The maximum Gasteiger partial charge on any atom is 0.471 e. The van der Waals surface area contributed by atoms with Crippen LogP contribution in [0.1, 0.15) is 46.4 Å². The van der Waals surface area contributed by atoms with E-state index < -0.39 is 95.6 Å². The van der Waals surface area contributed by atoms with Crippen LogP contribution in [-0.2, 0) is 37.2 Å². The van der Waals surface area contributed by atoms with Gasteiger partial charge in [-0.2, -0.15) is 26.3 Å². The van der Waals surface area contributed by atoms with Crippen molar-refractivity contribution >= 4 is 29.4 Å². The van der Waals surface area contributed by atoms with Gasteiger partial charge >= 0.3 is 24.3 Å². The van der Waals surface area contributed by atoms with Gasteiger partial charge in [-0.15, -0.1) is 5.10 Å². The Balaban J connectivity index is 1.55. The molecular weight excluding hydrogens is 632 g/mol. The molecule has 4 rings (SSSR count). The minimum atomic E-state index is -5.25. The largest absolute Gasteiger partial charge is 0.471 e. The van der Waals surface area contributed by atoms with Crippen LogP contribution in [-0.4, -0.2) is 93.1 Å². The van der Waals surface area contributed by atoms with Crippen LogP contribution in [0.3, 0.4) is 0 Å². The minimum Gasteiger partial charge on any atom is -0.455 e. The highest BCUT2D eigenvalue weighted by molar-refractivity contribution is 5.97. The Kier molecular flexibility index (Phi) is 9.38. The normalized spacial score (nSPS) is 25.0. The fraction of sp³-hybridized carbons (Fsp3) is 0.741. The number of ketones is 1. The highest BCUT2D eigenvalue weighted by atomic mass is 19.4. The van der Waals surface area contributed by atoms with E-state index in [2.05, 4.69) is 20.8 Å². The summed E-state index contributed by atoms with van der Waals surface area (Å²) < 4.78 is 84.0. The lowest BCUT2D eigenvalue weighted by atomic mass is 9.94. The Morgan fingerprint density at radius 1 is 1.09 bits per heavy atom. The predicted octanol–water partition coefficient (Wildman–Crippen LogP) is 0.979. The zero-order chi connectivity index (χ0) is 34.5. The Bertz CT molecular complexity index is 1390. The summed E-state index contributed by atoms with van der Waals surface area (Å²) in [5.74, 6) is -8.70. The third-order valence-electron chi connectivity index (χ3n) is 9.06. The summed E-state index contributed by atoms with van der Waals surface area (Å²) in [5.41, 5.74) is -0.434. The number of halogens is 6. The molecule has 1 aromatic heterocycles. The van der Waals surface area contributed by atoms with Crippen molar-refractivity contribution < 1.29 is 55.1 Å². The molecule has 1 saturated carbocycles. The molecule has 6 atom stereocenters. The van der Waals surface area contributed by atoms with Gasteiger partial charge in [-0.1, -0.05) is 32.8 Å². The Morgan fingerprint density at radius 3 is 2.26 bits per heavy atom. The molecule has 46 heavy (non-hydrogen) atoms. The second kappa shape index (κ2) is 12.4. The number of nitrogens with one attached hydrogen (secondary N) is 3. The van der Waals surface area contributed by atoms with Crippen LogP contribution in [0.5, 0.6) is 6.01 Å². The predicted molar refractivity (Wildman–Crippen MR) is 143 cm³/mol. The lowest BCUT2D eigenvalue weighted by molar-refractivity contribution is -0.175. The van der Waals surface area contributed by atoms with E-state index in [9.17, 15) is 50.3 Å². The smallest absolute Gasteiger partial charge is 0.455 e. The molecule has 0 bridgehead atoms. The lowest BCUT2D eigenvalue weighted by Crippen LogP contribution is -2.59. The van der Waals surface area contributed by atoms with Crippen molar-refractivity contribution in [3.63, 3.8) is 0 Å². The SMILES string of the molecule is CC(C)[C@H](NC(=O)C(F)(F)F)C(=O)N1C[C@H]2[C@@H]([C@H]1C(=O)N[C@@H](C[C@@H]1CCNC1=O)C(=O)COc1nnc(C(F)(F)F)n1C)C2(C)C. The molecule has 1 aliphatic carbocycles. The first-order valence-corrected chi connectivity index (χ1v) is 14.5. The van der Waals surface area contributed by atoms with Gasteiger partial charge in [-0.3, -0.25) is 28.5 Å². The number of piperidine rings is 1. The summed E-state index contributed by atoms with van der Waals surface area (Å²) in [7, 11) is 0.978. The number of ether oxygens (including phenoxy) is 1.